The second kappa shape index (κ2) is 7.25. The van der Waals surface area contributed by atoms with E-state index in [1.807, 2.05) is 0 Å². The van der Waals surface area contributed by atoms with E-state index in [0.717, 1.165) is 0 Å². The van der Waals surface area contributed by atoms with E-state index in [9.17, 15) is 13.2 Å². The molecule has 0 aliphatic carbocycles. The molecule has 0 saturated heterocycles. The van der Waals surface area contributed by atoms with Crippen molar-refractivity contribution in [2.75, 3.05) is 10.7 Å². The second-order valence-electron chi connectivity index (χ2n) is 3.92. The van der Waals surface area contributed by atoms with E-state index < -0.39 is 21.8 Å². The van der Waals surface area contributed by atoms with Crippen LogP contribution in [0.25, 0.3) is 0 Å². The molecule has 7 heteroatoms. The zero-order valence-electron chi connectivity index (χ0n) is 10.7. The number of hydrogen-bond donors (Lipinski definition) is 1. The molecule has 1 aromatic carbocycles. The summed E-state index contributed by atoms with van der Waals surface area (Å²) in [6.45, 7) is 3.55. The van der Waals surface area contributed by atoms with Crippen molar-refractivity contribution in [1.29, 1.82) is 0 Å². The Morgan fingerprint density at radius 3 is 2.17 bits per heavy atom. The standard InChI is InChI=1S/C11H15NO4S.Na/c1-9(2)12(10-6-4-3-5-7-10)11(13)8-17(14,15)16;/h3-7,9H,8H2,1-2H3,(H,14,15,16);. The summed E-state index contributed by atoms with van der Waals surface area (Å²) >= 11 is 0. The molecule has 5 nitrogen and oxygen atoms in total. The minimum Gasteiger partial charge on any atom is -0.309 e. The number of nitrogens with zero attached hydrogens (tertiary/aromatic N) is 1. The molecule has 0 fully saturated rings. The monoisotopic (exact) mass is 280 g/mol. The Morgan fingerprint density at radius 1 is 1.28 bits per heavy atom. The van der Waals surface area contributed by atoms with Crippen molar-refractivity contribution in [2.45, 2.75) is 19.9 Å². The molecule has 1 N–H and O–H groups in total. The first-order valence-electron chi connectivity index (χ1n) is 5.13. The maximum absolute atomic E-state index is 11.8. The summed E-state index contributed by atoms with van der Waals surface area (Å²) in [5, 5.41) is 0. The fourth-order valence-corrected chi connectivity index (χ4v) is 2.00. The van der Waals surface area contributed by atoms with E-state index >= 15 is 0 Å². The van der Waals surface area contributed by atoms with Gasteiger partial charge in [0.2, 0.25) is 5.91 Å². The number of para-hydroxylation sites is 1. The summed E-state index contributed by atoms with van der Waals surface area (Å²) in [7, 11) is -4.30. The van der Waals surface area contributed by atoms with Crippen LogP contribution in [0, 0.1) is 0 Å². The van der Waals surface area contributed by atoms with Gasteiger partial charge in [-0.15, -0.1) is 0 Å². The maximum Gasteiger partial charge on any atom is 0.274 e. The Hall–Kier alpha value is -0.400. The molecule has 0 aliphatic heterocycles. The molecule has 95 valence electrons. The van der Waals surface area contributed by atoms with E-state index in [-0.39, 0.29) is 35.6 Å². The smallest absolute Gasteiger partial charge is 0.274 e. The first-order chi connectivity index (χ1) is 7.81. The quantitative estimate of drug-likeness (QED) is 0.658. The molecule has 0 spiro atoms. The van der Waals surface area contributed by atoms with E-state index in [4.69, 9.17) is 4.55 Å². The van der Waals surface area contributed by atoms with Gasteiger partial charge in [-0.3, -0.25) is 9.35 Å². The fourth-order valence-electron chi connectivity index (χ4n) is 1.54. The molecular weight excluding hydrogens is 265 g/mol. The van der Waals surface area contributed by atoms with Gasteiger partial charge in [0.05, 0.1) is 0 Å². The minimum atomic E-state index is -4.30. The predicted molar refractivity (Wildman–Crippen MR) is 71.2 cm³/mol. The number of rotatable bonds is 4. The van der Waals surface area contributed by atoms with Crippen LogP contribution in [0.2, 0.25) is 0 Å². The molecule has 0 aliphatic rings. The first-order valence-corrected chi connectivity index (χ1v) is 6.74. The van der Waals surface area contributed by atoms with Crippen molar-refractivity contribution in [2.24, 2.45) is 0 Å². The van der Waals surface area contributed by atoms with Crippen LogP contribution in [-0.2, 0) is 14.9 Å². The van der Waals surface area contributed by atoms with Gasteiger partial charge < -0.3 is 4.90 Å². The van der Waals surface area contributed by atoms with Crippen molar-refractivity contribution >= 4 is 51.3 Å². The molecule has 1 amide bonds. The van der Waals surface area contributed by atoms with Gasteiger partial charge in [-0.2, -0.15) is 8.42 Å². The molecule has 1 radical (unpaired) electrons. The summed E-state index contributed by atoms with van der Waals surface area (Å²) in [4.78, 5) is 13.1. The van der Waals surface area contributed by atoms with Gasteiger partial charge in [0.15, 0.2) is 5.75 Å². The molecule has 0 atom stereocenters. The van der Waals surface area contributed by atoms with Crippen LogP contribution in [0.1, 0.15) is 13.8 Å². The summed E-state index contributed by atoms with van der Waals surface area (Å²) in [5.41, 5.74) is 0.608. The van der Waals surface area contributed by atoms with Crippen molar-refractivity contribution < 1.29 is 17.8 Å². The normalized spacial score (nSPS) is 10.9. The van der Waals surface area contributed by atoms with Crippen molar-refractivity contribution in [3.8, 4) is 0 Å². The van der Waals surface area contributed by atoms with Crippen LogP contribution in [0.3, 0.4) is 0 Å². The molecule has 1 aromatic rings. The first kappa shape index (κ1) is 17.6. The number of carbonyl (C=O) groups is 1. The summed E-state index contributed by atoms with van der Waals surface area (Å²) < 4.78 is 30.1. The Morgan fingerprint density at radius 2 is 1.78 bits per heavy atom. The average molecular weight is 280 g/mol. The molecule has 1 rings (SSSR count). The molecule has 0 aromatic heterocycles. The number of hydrogen-bond acceptors (Lipinski definition) is 3. The van der Waals surface area contributed by atoms with Gasteiger partial charge in [-0.05, 0) is 26.0 Å². The van der Waals surface area contributed by atoms with Gasteiger partial charge in [0.25, 0.3) is 10.1 Å². The summed E-state index contributed by atoms with van der Waals surface area (Å²) in [6, 6.07) is 8.54. The van der Waals surface area contributed by atoms with Crippen molar-refractivity contribution in [3.05, 3.63) is 30.3 Å². The van der Waals surface area contributed by atoms with Gasteiger partial charge in [-0.1, -0.05) is 18.2 Å². The van der Waals surface area contributed by atoms with Crippen LogP contribution in [-0.4, -0.2) is 60.2 Å². The zero-order chi connectivity index (χ0) is 13.1. The fraction of sp³-hybridized carbons (Fsp3) is 0.364. The molecular formula is C11H15NNaO4S. The average Bonchev–Trinajstić information content (AvgIpc) is 2.15. The minimum absolute atomic E-state index is 0. The Balaban J connectivity index is 0.00000289. The zero-order valence-corrected chi connectivity index (χ0v) is 13.5. The van der Waals surface area contributed by atoms with Crippen LogP contribution >= 0.6 is 0 Å². The van der Waals surface area contributed by atoms with Gasteiger partial charge in [0, 0.05) is 41.3 Å². The summed E-state index contributed by atoms with van der Waals surface area (Å²) in [5.74, 6) is -1.55. The van der Waals surface area contributed by atoms with Gasteiger partial charge in [0.1, 0.15) is 0 Å². The predicted octanol–water partition coefficient (Wildman–Crippen LogP) is 0.935. The molecule has 0 heterocycles. The Labute approximate surface area is 129 Å². The van der Waals surface area contributed by atoms with Crippen molar-refractivity contribution in [3.63, 3.8) is 0 Å². The largest absolute Gasteiger partial charge is 0.309 e. The SMILES string of the molecule is CC(C)N(C(=O)CS(=O)(=O)O)c1ccccc1.[Na]. The third-order valence-corrected chi connectivity index (χ3v) is 2.74. The topological polar surface area (TPSA) is 74.7 Å². The van der Waals surface area contributed by atoms with E-state index in [0.29, 0.717) is 5.69 Å². The Bertz CT molecular complexity index is 487. The van der Waals surface area contributed by atoms with Crippen molar-refractivity contribution in [1.82, 2.24) is 0 Å². The van der Waals surface area contributed by atoms with Crippen LogP contribution in [0.5, 0.6) is 0 Å². The third kappa shape index (κ3) is 5.49. The van der Waals surface area contributed by atoms with Crippen LogP contribution in [0.15, 0.2) is 30.3 Å². The third-order valence-electron chi connectivity index (χ3n) is 2.13. The second-order valence-corrected chi connectivity index (χ2v) is 5.37. The van der Waals surface area contributed by atoms with Crippen LogP contribution < -0.4 is 4.90 Å². The molecule has 0 unspecified atom stereocenters. The van der Waals surface area contributed by atoms with Gasteiger partial charge in [-0.25, -0.2) is 0 Å². The molecule has 0 bridgehead atoms. The summed E-state index contributed by atoms with van der Waals surface area (Å²) in [6.07, 6.45) is 0. The van der Waals surface area contributed by atoms with Crippen LogP contribution in [0.4, 0.5) is 5.69 Å². The number of benzene rings is 1. The van der Waals surface area contributed by atoms with E-state index in [2.05, 4.69) is 0 Å². The number of anilines is 1. The molecule has 18 heavy (non-hydrogen) atoms. The number of carbonyl (C=O) groups excluding carboxylic acids is 1. The van der Waals surface area contributed by atoms with Gasteiger partial charge >= 0.3 is 0 Å². The van der Waals surface area contributed by atoms with E-state index in [1.165, 1.54) is 4.90 Å². The van der Waals surface area contributed by atoms with E-state index in [1.54, 1.807) is 44.2 Å². The Kier molecular flexibility index (Phi) is 7.09. The molecule has 0 saturated carbocycles. The number of amides is 1. The maximum atomic E-state index is 11.8.